The average molecular weight is 356 g/mol. The maximum absolute atomic E-state index is 11.9. The molecule has 26 heavy (non-hydrogen) atoms. The summed E-state index contributed by atoms with van der Waals surface area (Å²) in [6, 6.07) is 7.62. The van der Waals surface area contributed by atoms with Crippen LogP contribution in [0.1, 0.15) is 27.9 Å². The molecule has 1 heterocycles. The summed E-state index contributed by atoms with van der Waals surface area (Å²) in [5.74, 6) is 0.778. The van der Waals surface area contributed by atoms with E-state index < -0.39 is 0 Å². The smallest absolute Gasteiger partial charge is 0.253 e. The lowest BCUT2D eigenvalue weighted by atomic mass is 10.1. The molecule has 0 saturated heterocycles. The molecule has 0 atom stereocenters. The molecule has 140 valence electrons. The van der Waals surface area contributed by atoms with Gasteiger partial charge in [-0.1, -0.05) is 12.1 Å². The fraction of sp³-hybridized carbons (Fsp3) is 0.421. The molecule has 0 saturated carbocycles. The van der Waals surface area contributed by atoms with E-state index in [4.69, 9.17) is 0 Å². The van der Waals surface area contributed by atoms with Crippen molar-refractivity contribution in [2.45, 2.75) is 19.4 Å². The van der Waals surface area contributed by atoms with Crippen molar-refractivity contribution in [1.82, 2.24) is 25.3 Å². The molecule has 7 heteroatoms. The number of benzene rings is 1. The second kappa shape index (κ2) is 9.60. The number of hydrogen-bond donors (Lipinski definition) is 2. The van der Waals surface area contributed by atoms with E-state index in [-0.39, 0.29) is 5.91 Å². The molecule has 0 fully saturated rings. The SMILES string of the molecule is CN=C(NCCCc1cnn(C)c1)NCc1ccc(C(=O)N(C)C)cc1. The van der Waals surface area contributed by atoms with Gasteiger partial charge in [0.2, 0.25) is 0 Å². The van der Waals surface area contributed by atoms with Gasteiger partial charge >= 0.3 is 0 Å². The zero-order valence-corrected chi connectivity index (χ0v) is 16.0. The zero-order valence-electron chi connectivity index (χ0n) is 16.0. The molecule has 7 nitrogen and oxygen atoms in total. The van der Waals surface area contributed by atoms with Crippen molar-refractivity contribution in [2.24, 2.45) is 12.0 Å². The number of aromatic nitrogens is 2. The van der Waals surface area contributed by atoms with Crippen molar-refractivity contribution in [3.63, 3.8) is 0 Å². The van der Waals surface area contributed by atoms with E-state index >= 15 is 0 Å². The van der Waals surface area contributed by atoms with Gasteiger partial charge in [-0.2, -0.15) is 5.10 Å². The quantitative estimate of drug-likeness (QED) is 0.447. The van der Waals surface area contributed by atoms with Crippen LogP contribution in [0.5, 0.6) is 0 Å². The Labute approximate surface area is 155 Å². The average Bonchev–Trinajstić information content (AvgIpc) is 3.06. The third kappa shape index (κ3) is 5.91. The van der Waals surface area contributed by atoms with Gasteiger partial charge in [0.1, 0.15) is 0 Å². The molecule has 0 aliphatic carbocycles. The van der Waals surface area contributed by atoms with Crippen LogP contribution >= 0.6 is 0 Å². The summed E-state index contributed by atoms with van der Waals surface area (Å²) < 4.78 is 1.82. The van der Waals surface area contributed by atoms with Crippen LogP contribution in [0, 0.1) is 0 Å². The standard InChI is InChI=1S/C19H28N6O/c1-20-19(21-11-5-6-16-13-23-25(4)14-16)22-12-15-7-9-17(10-8-15)18(26)24(2)3/h7-10,13-14H,5-6,11-12H2,1-4H3,(H2,20,21,22). The molecule has 0 bridgehead atoms. The van der Waals surface area contributed by atoms with Crippen LogP contribution in [0.15, 0.2) is 41.7 Å². The van der Waals surface area contributed by atoms with E-state index in [2.05, 4.69) is 20.7 Å². The Hall–Kier alpha value is -2.83. The van der Waals surface area contributed by atoms with Gasteiger partial charge in [0.05, 0.1) is 6.20 Å². The molecule has 0 aliphatic rings. The Bertz CT molecular complexity index is 733. The fourth-order valence-electron chi connectivity index (χ4n) is 2.53. The number of aryl methyl sites for hydroxylation is 2. The Kier molecular flexibility index (Phi) is 7.20. The molecule has 2 aromatic rings. The Morgan fingerprint density at radius 2 is 1.92 bits per heavy atom. The van der Waals surface area contributed by atoms with Gasteiger partial charge in [0, 0.05) is 53.0 Å². The lowest BCUT2D eigenvalue weighted by Crippen LogP contribution is -2.37. The van der Waals surface area contributed by atoms with Crippen LogP contribution in [-0.4, -0.2) is 54.2 Å². The monoisotopic (exact) mass is 356 g/mol. The first-order chi connectivity index (χ1) is 12.5. The van der Waals surface area contributed by atoms with Crippen molar-refractivity contribution < 1.29 is 4.79 Å². The van der Waals surface area contributed by atoms with Crippen LogP contribution in [0.4, 0.5) is 0 Å². The Morgan fingerprint density at radius 3 is 2.50 bits per heavy atom. The van der Waals surface area contributed by atoms with Gasteiger partial charge in [-0.25, -0.2) is 0 Å². The molecule has 1 aromatic heterocycles. The third-order valence-electron chi connectivity index (χ3n) is 3.98. The van der Waals surface area contributed by atoms with E-state index in [0.29, 0.717) is 12.1 Å². The highest BCUT2D eigenvalue weighted by Gasteiger charge is 2.07. The highest BCUT2D eigenvalue weighted by Crippen LogP contribution is 2.06. The lowest BCUT2D eigenvalue weighted by molar-refractivity contribution is 0.0827. The highest BCUT2D eigenvalue weighted by atomic mass is 16.2. The summed E-state index contributed by atoms with van der Waals surface area (Å²) in [7, 11) is 7.19. The second-order valence-corrected chi connectivity index (χ2v) is 6.37. The molecule has 0 unspecified atom stereocenters. The van der Waals surface area contributed by atoms with Crippen molar-refractivity contribution in [3.05, 3.63) is 53.3 Å². The Balaban J connectivity index is 1.73. The first-order valence-corrected chi connectivity index (χ1v) is 8.72. The van der Waals surface area contributed by atoms with Crippen LogP contribution in [0.25, 0.3) is 0 Å². The molecular formula is C19H28N6O. The number of hydrogen-bond acceptors (Lipinski definition) is 3. The first-order valence-electron chi connectivity index (χ1n) is 8.72. The van der Waals surface area contributed by atoms with Crippen molar-refractivity contribution in [3.8, 4) is 0 Å². The number of carbonyl (C=O) groups is 1. The second-order valence-electron chi connectivity index (χ2n) is 6.37. The fourth-order valence-corrected chi connectivity index (χ4v) is 2.53. The van der Waals surface area contributed by atoms with Crippen LogP contribution in [0.2, 0.25) is 0 Å². The number of carbonyl (C=O) groups excluding carboxylic acids is 1. The van der Waals surface area contributed by atoms with Gasteiger partial charge in [-0.05, 0) is 36.1 Å². The molecule has 2 N–H and O–H groups in total. The largest absolute Gasteiger partial charge is 0.356 e. The van der Waals surface area contributed by atoms with E-state index in [1.54, 1.807) is 26.0 Å². The summed E-state index contributed by atoms with van der Waals surface area (Å²) in [5, 5.41) is 10.8. The maximum Gasteiger partial charge on any atom is 0.253 e. The summed E-state index contributed by atoms with van der Waals surface area (Å²) >= 11 is 0. The number of rotatable bonds is 7. The molecular weight excluding hydrogens is 328 g/mol. The third-order valence-corrected chi connectivity index (χ3v) is 3.98. The predicted octanol–water partition coefficient (Wildman–Crippen LogP) is 1.42. The van der Waals surface area contributed by atoms with E-state index in [9.17, 15) is 4.79 Å². The summed E-state index contributed by atoms with van der Waals surface area (Å²) in [5.41, 5.74) is 3.03. The summed E-state index contributed by atoms with van der Waals surface area (Å²) in [6.07, 6.45) is 5.93. The minimum atomic E-state index is 0.00982. The highest BCUT2D eigenvalue weighted by molar-refractivity contribution is 5.93. The zero-order chi connectivity index (χ0) is 18.9. The summed E-state index contributed by atoms with van der Waals surface area (Å²) in [6.45, 7) is 1.49. The van der Waals surface area contributed by atoms with Gasteiger partial charge in [0.25, 0.3) is 5.91 Å². The van der Waals surface area contributed by atoms with Crippen molar-refractivity contribution in [2.75, 3.05) is 27.7 Å². The van der Waals surface area contributed by atoms with E-state index in [1.165, 1.54) is 5.56 Å². The van der Waals surface area contributed by atoms with Crippen LogP contribution < -0.4 is 10.6 Å². The molecule has 2 rings (SSSR count). The molecule has 0 radical (unpaired) electrons. The summed E-state index contributed by atoms with van der Waals surface area (Å²) in [4.78, 5) is 17.7. The first kappa shape index (κ1) is 19.5. The maximum atomic E-state index is 11.9. The van der Waals surface area contributed by atoms with Gasteiger partial charge in [0.15, 0.2) is 5.96 Å². The number of guanidine groups is 1. The minimum Gasteiger partial charge on any atom is -0.356 e. The van der Waals surface area contributed by atoms with Crippen LogP contribution in [0.3, 0.4) is 0 Å². The van der Waals surface area contributed by atoms with Gasteiger partial charge in [-0.3, -0.25) is 14.5 Å². The predicted molar refractivity (Wildman–Crippen MR) is 104 cm³/mol. The van der Waals surface area contributed by atoms with E-state index in [1.807, 2.05) is 48.4 Å². The van der Waals surface area contributed by atoms with Crippen molar-refractivity contribution >= 4 is 11.9 Å². The van der Waals surface area contributed by atoms with Crippen molar-refractivity contribution in [1.29, 1.82) is 0 Å². The normalized spacial score (nSPS) is 11.3. The number of nitrogens with zero attached hydrogens (tertiary/aromatic N) is 4. The van der Waals surface area contributed by atoms with Crippen LogP contribution in [-0.2, 0) is 20.0 Å². The van der Waals surface area contributed by atoms with Gasteiger partial charge in [-0.15, -0.1) is 0 Å². The van der Waals surface area contributed by atoms with Gasteiger partial charge < -0.3 is 15.5 Å². The lowest BCUT2D eigenvalue weighted by Gasteiger charge is -2.13. The van der Waals surface area contributed by atoms with E-state index in [0.717, 1.165) is 30.9 Å². The molecule has 0 aliphatic heterocycles. The number of amides is 1. The minimum absolute atomic E-state index is 0.00982. The molecule has 1 amide bonds. The Morgan fingerprint density at radius 1 is 1.19 bits per heavy atom. The molecule has 1 aromatic carbocycles. The number of aliphatic imine (C=N–C) groups is 1. The number of nitrogens with one attached hydrogen (secondary N) is 2. The molecule has 0 spiro atoms. The topological polar surface area (TPSA) is 74.5 Å².